The number of nitrogens with one attached hydrogen (secondary N) is 3. The lowest BCUT2D eigenvalue weighted by Gasteiger charge is -2.45. The lowest BCUT2D eigenvalue weighted by molar-refractivity contribution is -0.148. The second-order valence-corrected chi connectivity index (χ2v) is 13.5. The van der Waals surface area contributed by atoms with Crippen LogP contribution in [0.25, 0.3) is 0 Å². The minimum Gasteiger partial charge on any atom is -0.480 e. The van der Waals surface area contributed by atoms with Gasteiger partial charge < -0.3 is 46.1 Å². The van der Waals surface area contributed by atoms with Gasteiger partial charge in [0.05, 0.1) is 47.5 Å². The van der Waals surface area contributed by atoms with Crippen molar-refractivity contribution in [1.29, 1.82) is 0 Å². The third kappa shape index (κ3) is 18.5. The maximum atomic E-state index is 12.7. The molecule has 18 nitrogen and oxygen atoms in total. The number of methoxy groups -OCH3 is 3. The Bertz CT molecular complexity index is 1410. The Morgan fingerprint density at radius 2 is 1.36 bits per heavy atom. The predicted molar refractivity (Wildman–Crippen MR) is 200 cm³/mol. The number of hydrogen-bond donors (Lipinski definition) is 6. The normalized spacial score (nSPS) is 16.5. The Labute approximate surface area is 321 Å². The van der Waals surface area contributed by atoms with Crippen molar-refractivity contribution >= 4 is 47.3 Å². The number of carbonyl (C=O) groups is 7. The molecule has 1 aromatic rings. The first-order chi connectivity index (χ1) is 26.3. The summed E-state index contributed by atoms with van der Waals surface area (Å²) in [5, 5.41) is 27.3. The molecule has 18 heteroatoms. The van der Waals surface area contributed by atoms with Crippen molar-refractivity contribution < 1.29 is 58.0 Å². The number of carbonyl (C=O) groups excluding carboxylic acids is 5. The third-order valence-corrected chi connectivity index (χ3v) is 9.42. The number of nitrogens with two attached hydrogens (primary N) is 1. The topological polar surface area (TPSA) is 256 Å². The maximum Gasteiger partial charge on any atom is 0.320 e. The standard InChI is InChI=1S/C37H58N6O12/c1-53-34(48)20-40-27(21-42(23-35(49)54-2)29-10-4-5-11-30(29)43(22-33(46)47)24-36(50)55-3)19-25-14-16-26(17-15-25)41-32(45)13-8-12-31(44)39-18-7-6-9-28(38)37(51)52/h14-17,27-30,40H,4-13,18-24,38H2,1-3H3,(H,39,44)(H,41,45)(H,46,47)(H,51,52)/t27-,28?,29+,30+/m1/s1. The Balaban J connectivity index is 2.08. The molecule has 2 rings (SSSR count). The number of esters is 3. The van der Waals surface area contributed by atoms with E-state index in [1.165, 1.54) is 21.3 Å². The zero-order valence-corrected chi connectivity index (χ0v) is 32.1. The van der Waals surface area contributed by atoms with Gasteiger partial charge in [-0.2, -0.15) is 0 Å². The van der Waals surface area contributed by atoms with E-state index in [1.807, 2.05) is 17.0 Å². The van der Waals surface area contributed by atoms with Crippen LogP contribution >= 0.6 is 0 Å². The van der Waals surface area contributed by atoms with Gasteiger partial charge in [-0.1, -0.05) is 25.0 Å². The van der Waals surface area contributed by atoms with Crippen LogP contribution in [0.4, 0.5) is 5.69 Å². The van der Waals surface area contributed by atoms with Crippen molar-refractivity contribution in [2.24, 2.45) is 5.73 Å². The molecule has 1 unspecified atom stereocenters. The number of anilines is 1. The lowest BCUT2D eigenvalue weighted by Crippen LogP contribution is -2.59. The average Bonchev–Trinajstić information content (AvgIpc) is 3.16. The van der Waals surface area contributed by atoms with Crippen molar-refractivity contribution in [2.75, 3.05) is 65.9 Å². The van der Waals surface area contributed by atoms with Gasteiger partial charge >= 0.3 is 29.8 Å². The van der Waals surface area contributed by atoms with Crippen LogP contribution in [0.2, 0.25) is 0 Å². The van der Waals surface area contributed by atoms with Crippen LogP contribution in [-0.4, -0.2) is 146 Å². The average molecular weight is 779 g/mol. The first-order valence-electron chi connectivity index (χ1n) is 18.5. The molecule has 2 amide bonds. The van der Waals surface area contributed by atoms with Crippen molar-refractivity contribution in [2.45, 2.75) is 94.8 Å². The van der Waals surface area contributed by atoms with Gasteiger partial charge in [0.25, 0.3) is 0 Å². The predicted octanol–water partition coefficient (Wildman–Crippen LogP) is 0.513. The number of carboxylic acids is 2. The van der Waals surface area contributed by atoms with E-state index in [9.17, 15) is 38.7 Å². The van der Waals surface area contributed by atoms with Crippen LogP contribution in [0.1, 0.15) is 69.8 Å². The molecular formula is C37H58N6O12. The van der Waals surface area contributed by atoms with E-state index in [4.69, 9.17) is 25.1 Å². The SMILES string of the molecule is COC(=O)CN[C@H](Cc1ccc(NC(=O)CCCC(=O)NCCCCC(N)C(=O)O)cc1)CN(CC(=O)OC)[C@H]1CCCC[C@@H]1N(CC(=O)O)CC(=O)OC. The van der Waals surface area contributed by atoms with E-state index in [0.717, 1.165) is 18.4 Å². The Kier molecular flexibility index (Phi) is 21.5. The number of benzene rings is 1. The molecule has 0 bridgehead atoms. The molecule has 4 atom stereocenters. The van der Waals surface area contributed by atoms with Crippen molar-refractivity contribution in [1.82, 2.24) is 20.4 Å². The summed E-state index contributed by atoms with van der Waals surface area (Å²) in [7, 11) is 3.80. The van der Waals surface area contributed by atoms with Crippen molar-refractivity contribution in [3.63, 3.8) is 0 Å². The van der Waals surface area contributed by atoms with E-state index in [2.05, 4.69) is 16.0 Å². The van der Waals surface area contributed by atoms with Crippen LogP contribution in [0.3, 0.4) is 0 Å². The number of aliphatic carboxylic acids is 2. The number of nitrogens with zero attached hydrogens (tertiary/aromatic N) is 2. The smallest absolute Gasteiger partial charge is 0.320 e. The van der Waals surface area contributed by atoms with E-state index in [0.29, 0.717) is 57.2 Å². The summed E-state index contributed by atoms with van der Waals surface area (Å²) >= 11 is 0. The molecule has 0 radical (unpaired) electrons. The molecule has 1 aliphatic carbocycles. The number of amides is 2. The lowest BCUT2D eigenvalue weighted by atomic mass is 9.87. The van der Waals surface area contributed by atoms with Crippen LogP contribution in [0, 0.1) is 0 Å². The van der Waals surface area contributed by atoms with Crippen LogP contribution in [-0.2, 0) is 54.2 Å². The minimum absolute atomic E-state index is 0.108. The molecule has 0 aliphatic heterocycles. The summed E-state index contributed by atoms with van der Waals surface area (Å²) in [6.45, 7) is -0.175. The fourth-order valence-electron chi connectivity index (χ4n) is 6.54. The number of carboxylic acid groups (broad SMARTS) is 2. The summed E-state index contributed by atoms with van der Waals surface area (Å²) in [6.07, 6.45) is 5.40. The van der Waals surface area contributed by atoms with Gasteiger partial charge in [-0.05, 0) is 62.6 Å². The Morgan fingerprint density at radius 1 is 0.782 bits per heavy atom. The second kappa shape index (κ2) is 25.4. The number of hydrogen-bond acceptors (Lipinski definition) is 14. The number of unbranched alkanes of at least 4 members (excludes halogenated alkanes) is 1. The zero-order chi connectivity index (χ0) is 40.8. The summed E-state index contributed by atoms with van der Waals surface area (Å²) < 4.78 is 14.7. The van der Waals surface area contributed by atoms with Crippen LogP contribution in [0.15, 0.2) is 24.3 Å². The highest BCUT2D eigenvalue weighted by Crippen LogP contribution is 2.28. The van der Waals surface area contributed by atoms with Gasteiger partial charge in [0.2, 0.25) is 11.8 Å². The fourth-order valence-corrected chi connectivity index (χ4v) is 6.54. The highest BCUT2D eigenvalue weighted by molar-refractivity contribution is 5.91. The Morgan fingerprint density at radius 3 is 1.95 bits per heavy atom. The highest BCUT2D eigenvalue weighted by Gasteiger charge is 2.37. The Hall–Kier alpha value is -4.65. The van der Waals surface area contributed by atoms with Gasteiger partial charge in [0, 0.05) is 49.7 Å². The number of rotatable bonds is 26. The van der Waals surface area contributed by atoms with Gasteiger partial charge in [-0.15, -0.1) is 0 Å². The molecule has 0 spiro atoms. The summed E-state index contributed by atoms with van der Waals surface area (Å²) in [5.41, 5.74) is 6.88. The quantitative estimate of drug-likeness (QED) is 0.0426. The fraction of sp³-hybridized carbons (Fsp3) is 0.649. The summed E-state index contributed by atoms with van der Waals surface area (Å²) in [5.74, 6) is -4.16. The first kappa shape index (κ1) is 46.5. The van der Waals surface area contributed by atoms with E-state index in [-0.39, 0.29) is 69.5 Å². The zero-order valence-electron chi connectivity index (χ0n) is 32.1. The molecule has 55 heavy (non-hydrogen) atoms. The van der Waals surface area contributed by atoms with Crippen molar-refractivity contribution in [3.05, 3.63) is 29.8 Å². The minimum atomic E-state index is -1.10. The molecule has 1 saturated carbocycles. The second-order valence-electron chi connectivity index (χ2n) is 13.5. The monoisotopic (exact) mass is 778 g/mol. The van der Waals surface area contributed by atoms with E-state index < -0.39 is 41.9 Å². The largest absolute Gasteiger partial charge is 0.480 e. The molecule has 0 heterocycles. The third-order valence-electron chi connectivity index (χ3n) is 9.42. The van der Waals surface area contributed by atoms with E-state index in [1.54, 1.807) is 17.0 Å². The summed E-state index contributed by atoms with van der Waals surface area (Å²) in [6, 6.07) is 5.14. The molecule has 308 valence electrons. The van der Waals surface area contributed by atoms with Crippen LogP contribution < -0.4 is 21.7 Å². The van der Waals surface area contributed by atoms with E-state index >= 15 is 0 Å². The number of ether oxygens (including phenoxy) is 3. The molecule has 0 saturated heterocycles. The van der Waals surface area contributed by atoms with Gasteiger partial charge in [0.15, 0.2) is 0 Å². The van der Waals surface area contributed by atoms with Gasteiger partial charge in [0.1, 0.15) is 6.04 Å². The van der Waals surface area contributed by atoms with Gasteiger partial charge in [-0.25, -0.2) is 0 Å². The highest BCUT2D eigenvalue weighted by atomic mass is 16.5. The van der Waals surface area contributed by atoms with Crippen molar-refractivity contribution in [3.8, 4) is 0 Å². The van der Waals surface area contributed by atoms with Gasteiger partial charge in [-0.3, -0.25) is 43.4 Å². The molecule has 1 aromatic carbocycles. The first-order valence-corrected chi connectivity index (χ1v) is 18.5. The maximum absolute atomic E-state index is 12.7. The summed E-state index contributed by atoms with van der Waals surface area (Å²) in [4.78, 5) is 87.9. The van der Waals surface area contributed by atoms with Crippen LogP contribution in [0.5, 0.6) is 0 Å². The molecular weight excluding hydrogens is 720 g/mol. The molecule has 1 aliphatic rings. The molecule has 1 fully saturated rings. The molecule has 0 aromatic heterocycles. The molecule has 7 N–H and O–H groups in total.